The zero-order valence-electron chi connectivity index (χ0n) is 20.7. The van der Waals surface area contributed by atoms with Gasteiger partial charge in [-0.15, -0.1) is 0 Å². The molecule has 1 aromatic carbocycles. The summed E-state index contributed by atoms with van der Waals surface area (Å²) in [5.41, 5.74) is -1.07. The van der Waals surface area contributed by atoms with Gasteiger partial charge in [-0.2, -0.15) is 13.2 Å². The standard InChI is InChI=1S/C24H26Cl2F3N5O3/c1-12(31-22(35)37-23(3,4)5)11-36-19-14(7-6-8-16(19)24(27,28)29)13(2)32-20-15-9-18(25)30-10-17(15)33-21(26)34-20/h6-10,12-13H,11H2,1-5H3,(H,31,35)(H,32,33,34)/t12?,13-/m1/s1. The Morgan fingerprint density at radius 1 is 1.14 bits per heavy atom. The van der Waals surface area contributed by atoms with Crippen LogP contribution in [0.25, 0.3) is 10.9 Å². The van der Waals surface area contributed by atoms with E-state index in [4.69, 9.17) is 32.7 Å². The molecule has 1 unspecified atom stereocenters. The maximum Gasteiger partial charge on any atom is 0.419 e. The van der Waals surface area contributed by atoms with Crippen LogP contribution in [-0.4, -0.2) is 39.3 Å². The van der Waals surface area contributed by atoms with Crippen LogP contribution in [0.15, 0.2) is 30.5 Å². The van der Waals surface area contributed by atoms with Crippen molar-refractivity contribution in [3.05, 3.63) is 52.0 Å². The molecule has 0 fully saturated rings. The van der Waals surface area contributed by atoms with E-state index in [1.54, 1.807) is 34.6 Å². The normalized spacial score (nSPS) is 13.7. The minimum absolute atomic E-state index is 0.0751. The monoisotopic (exact) mass is 559 g/mol. The third kappa shape index (κ3) is 7.72. The van der Waals surface area contributed by atoms with Gasteiger partial charge in [0.15, 0.2) is 0 Å². The van der Waals surface area contributed by atoms with Crippen molar-refractivity contribution in [1.29, 1.82) is 0 Å². The van der Waals surface area contributed by atoms with Crippen LogP contribution in [0.3, 0.4) is 0 Å². The Morgan fingerprint density at radius 3 is 2.49 bits per heavy atom. The number of alkyl halides is 3. The van der Waals surface area contributed by atoms with Gasteiger partial charge >= 0.3 is 12.3 Å². The molecule has 0 aliphatic carbocycles. The van der Waals surface area contributed by atoms with Gasteiger partial charge in [0.2, 0.25) is 5.28 Å². The lowest BCUT2D eigenvalue weighted by Crippen LogP contribution is -2.40. The average Bonchev–Trinajstić information content (AvgIpc) is 2.75. The fourth-order valence-corrected chi connectivity index (χ4v) is 3.74. The number of halogens is 5. The zero-order chi connectivity index (χ0) is 27.5. The van der Waals surface area contributed by atoms with E-state index in [0.29, 0.717) is 10.9 Å². The van der Waals surface area contributed by atoms with Crippen LogP contribution in [0.2, 0.25) is 10.4 Å². The number of carbonyl (C=O) groups excluding carboxylic acids is 1. The van der Waals surface area contributed by atoms with Crippen LogP contribution < -0.4 is 15.4 Å². The number of hydrogen-bond donors (Lipinski definition) is 2. The van der Waals surface area contributed by atoms with Gasteiger partial charge in [0.25, 0.3) is 0 Å². The summed E-state index contributed by atoms with van der Waals surface area (Å²) in [4.78, 5) is 24.3. The predicted molar refractivity (Wildman–Crippen MR) is 135 cm³/mol. The van der Waals surface area contributed by atoms with Crippen LogP contribution in [-0.2, 0) is 10.9 Å². The van der Waals surface area contributed by atoms with Gasteiger partial charge in [-0.25, -0.2) is 19.7 Å². The number of aromatic nitrogens is 3. The maximum atomic E-state index is 13.9. The molecular formula is C24H26Cl2F3N5O3. The molecular weight excluding hydrogens is 534 g/mol. The van der Waals surface area contributed by atoms with Crippen LogP contribution in [0.5, 0.6) is 5.75 Å². The summed E-state index contributed by atoms with van der Waals surface area (Å²) < 4.78 is 52.5. The van der Waals surface area contributed by atoms with E-state index in [2.05, 4.69) is 25.6 Å². The molecule has 0 aliphatic rings. The Bertz CT molecular complexity index is 1280. The van der Waals surface area contributed by atoms with Crippen molar-refractivity contribution < 1.29 is 27.4 Å². The molecule has 8 nitrogen and oxygen atoms in total. The first kappa shape index (κ1) is 28.5. The summed E-state index contributed by atoms with van der Waals surface area (Å²) in [6.07, 6.45) is -3.97. The van der Waals surface area contributed by atoms with E-state index in [-0.39, 0.29) is 34.2 Å². The number of para-hydroxylation sites is 1. The minimum Gasteiger partial charge on any atom is -0.490 e. The van der Waals surface area contributed by atoms with Gasteiger partial charge in [-0.05, 0) is 58.4 Å². The summed E-state index contributed by atoms with van der Waals surface area (Å²) in [7, 11) is 0. The highest BCUT2D eigenvalue weighted by atomic mass is 35.5. The number of pyridine rings is 1. The van der Waals surface area contributed by atoms with E-state index >= 15 is 0 Å². The van der Waals surface area contributed by atoms with Gasteiger partial charge in [0.1, 0.15) is 28.9 Å². The smallest absolute Gasteiger partial charge is 0.419 e. The lowest BCUT2D eigenvalue weighted by atomic mass is 10.0. The molecule has 37 heavy (non-hydrogen) atoms. The summed E-state index contributed by atoms with van der Waals surface area (Å²) in [5, 5.41) is 6.22. The van der Waals surface area contributed by atoms with Crippen molar-refractivity contribution in [2.45, 2.75) is 58.5 Å². The third-order valence-electron chi connectivity index (χ3n) is 4.93. The predicted octanol–water partition coefficient (Wildman–Crippen LogP) is 6.82. The fourth-order valence-electron chi connectivity index (χ4n) is 3.41. The molecule has 2 atom stereocenters. The average molecular weight is 560 g/mol. The third-order valence-corrected chi connectivity index (χ3v) is 5.31. The SMILES string of the molecule is CC(COc1c([C@@H](C)Nc2nc(Cl)nc3cnc(Cl)cc23)cccc1C(F)(F)F)NC(=O)OC(C)(C)C. The Labute approximate surface area is 221 Å². The summed E-state index contributed by atoms with van der Waals surface area (Å²) in [5.74, 6) is -0.118. The first-order chi connectivity index (χ1) is 17.1. The molecule has 0 spiro atoms. The van der Waals surface area contributed by atoms with E-state index in [9.17, 15) is 18.0 Å². The van der Waals surface area contributed by atoms with Gasteiger partial charge in [-0.1, -0.05) is 23.7 Å². The van der Waals surface area contributed by atoms with E-state index in [1.807, 2.05) is 0 Å². The van der Waals surface area contributed by atoms with Crippen molar-refractivity contribution in [2.75, 3.05) is 11.9 Å². The molecule has 13 heteroatoms. The molecule has 0 radical (unpaired) electrons. The number of anilines is 1. The lowest BCUT2D eigenvalue weighted by Gasteiger charge is -2.25. The first-order valence-electron chi connectivity index (χ1n) is 11.2. The Hall–Kier alpha value is -3.05. The number of fused-ring (bicyclic) bond motifs is 1. The van der Waals surface area contributed by atoms with Crippen molar-refractivity contribution in [2.24, 2.45) is 0 Å². The number of carbonyl (C=O) groups is 1. The number of hydrogen-bond acceptors (Lipinski definition) is 7. The van der Waals surface area contributed by atoms with Crippen molar-refractivity contribution >= 4 is 46.0 Å². The van der Waals surface area contributed by atoms with Gasteiger partial charge in [0.05, 0.1) is 29.4 Å². The molecule has 0 bridgehead atoms. The maximum absolute atomic E-state index is 13.9. The number of benzene rings is 1. The van der Waals surface area contributed by atoms with Gasteiger partial charge < -0.3 is 20.1 Å². The van der Waals surface area contributed by atoms with Crippen LogP contribution in [0, 0.1) is 0 Å². The van der Waals surface area contributed by atoms with Gasteiger partial charge in [-0.3, -0.25) is 0 Å². The molecule has 0 saturated carbocycles. The molecule has 0 saturated heterocycles. The topological polar surface area (TPSA) is 98.3 Å². The second kappa shape index (κ2) is 11.1. The Balaban J connectivity index is 1.90. The van der Waals surface area contributed by atoms with E-state index in [1.165, 1.54) is 24.4 Å². The van der Waals surface area contributed by atoms with Gasteiger partial charge in [0, 0.05) is 10.9 Å². The molecule has 200 valence electrons. The molecule has 3 aromatic rings. The Morgan fingerprint density at radius 2 is 1.84 bits per heavy atom. The Kier molecular flexibility index (Phi) is 8.59. The number of nitrogens with zero attached hydrogens (tertiary/aromatic N) is 3. The largest absolute Gasteiger partial charge is 0.490 e. The molecule has 0 aliphatic heterocycles. The molecule has 3 rings (SSSR count). The fraction of sp³-hybridized carbons (Fsp3) is 0.417. The first-order valence-corrected chi connectivity index (χ1v) is 12.0. The zero-order valence-corrected chi connectivity index (χ0v) is 22.2. The molecule has 2 heterocycles. The highest BCUT2D eigenvalue weighted by molar-refractivity contribution is 6.30. The van der Waals surface area contributed by atoms with Crippen molar-refractivity contribution in [1.82, 2.24) is 20.3 Å². The molecule has 2 N–H and O–H groups in total. The van der Waals surface area contributed by atoms with Crippen LogP contribution in [0.1, 0.15) is 51.8 Å². The second-order valence-corrected chi connectivity index (χ2v) is 10.0. The number of alkyl carbamates (subject to hydrolysis) is 1. The lowest BCUT2D eigenvalue weighted by molar-refractivity contribution is -0.139. The van der Waals surface area contributed by atoms with E-state index < -0.39 is 35.5 Å². The number of rotatable bonds is 7. The van der Waals surface area contributed by atoms with Crippen LogP contribution in [0.4, 0.5) is 23.8 Å². The number of amides is 1. The summed E-state index contributed by atoms with van der Waals surface area (Å²) in [6, 6.07) is 3.89. The van der Waals surface area contributed by atoms with Crippen molar-refractivity contribution in [3.8, 4) is 5.75 Å². The molecule has 2 aromatic heterocycles. The molecule has 1 amide bonds. The summed E-state index contributed by atoms with van der Waals surface area (Å²) in [6.45, 7) is 8.10. The highest BCUT2D eigenvalue weighted by Gasteiger charge is 2.36. The van der Waals surface area contributed by atoms with E-state index in [0.717, 1.165) is 6.07 Å². The van der Waals surface area contributed by atoms with Crippen molar-refractivity contribution in [3.63, 3.8) is 0 Å². The minimum atomic E-state index is -4.68. The number of ether oxygens (including phenoxy) is 2. The quantitative estimate of drug-likeness (QED) is 0.242. The highest BCUT2D eigenvalue weighted by Crippen LogP contribution is 2.41. The van der Waals surface area contributed by atoms with Crippen LogP contribution >= 0.6 is 23.2 Å². The summed E-state index contributed by atoms with van der Waals surface area (Å²) >= 11 is 12.0. The number of nitrogens with one attached hydrogen (secondary N) is 2. The second-order valence-electron chi connectivity index (χ2n) is 9.31.